The van der Waals surface area contributed by atoms with Crippen LogP contribution >= 0.6 is 0 Å². The molecule has 7 heteroatoms. The van der Waals surface area contributed by atoms with Crippen LogP contribution in [0.25, 0.3) is 35.4 Å². The molecular formula is C36H39N5O2. The summed E-state index contributed by atoms with van der Waals surface area (Å²) in [4.78, 5) is 24.7. The van der Waals surface area contributed by atoms with E-state index >= 15 is 0 Å². The fourth-order valence-corrected chi connectivity index (χ4v) is 5.21. The number of hydrogen-bond donors (Lipinski definition) is 0. The summed E-state index contributed by atoms with van der Waals surface area (Å²) < 4.78 is 0. The van der Waals surface area contributed by atoms with Crippen LogP contribution in [0.3, 0.4) is 0 Å². The number of benzene rings is 2. The van der Waals surface area contributed by atoms with Crippen molar-refractivity contribution in [3.8, 4) is 11.1 Å². The van der Waals surface area contributed by atoms with E-state index in [9.17, 15) is 10.1 Å². The zero-order valence-electron chi connectivity index (χ0n) is 24.8. The topological polar surface area (TPSA) is 75.4 Å². The molecule has 0 saturated carbocycles. The summed E-state index contributed by atoms with van der Waals surface area (Å²) in [6.45, 7) is 7.99. The monoisotopic (exact) mass is 573 g/mol. The third-order valence-electron chi connectivity index (χ3n) is 7.86. The molecule has 0 N–H and O–H groups in total. The molecule has 1 saturated heterocycles. The summed E-state index contributed by atoms with van der Waals surface area (Å²) in [6.07, 6.45) is 16.9. The summed E-state index contributed by atoms with van der Waals surface area (Å²) in [5.74, 6) is 0. The molecule has 7 nitrogen and oxygen atoms in total. The van der Waals surface area contributed by atoms with Gasteiger partial charge in [-0.2, -0.15) is 0 Å². The van der Waals surface area contributed by atoms with Gasteiger partial charge in [-0.05, 0) is 72.6 Å². The van der Waals surface area contributed by atoms with Crippen LogP contribution in [-0.2, 0) is 0 Å². The molecule has 0 atom stereocenters. The van der Waals surface area contributed by atoms with E-state index in [-0.39, 0.29) is 5.69 Å². The van der Waals surface area contributed by atoms with Crippen LogP contribution in [0.2, 0.25) is 0 Å². The third kappa shape index (κ3) is 8.69. The fourth-order valence-electron chi connectivity index (χ4n) is 5.21. The minimum absolute atomic E-state index is 0.0801. The number of aromatic nitrogens is 2. The molecule has 1 aliphatic rings. The van der Waals surface area contributed by atoms with Gasteiger partial charge >= 0.3 is 0 Å². The van der Waals surface area contributed by atoms with Crippen LogP contribution in [0.1, 0.15) is 55.1 Å². The summed E-state index contributed by atoms with van der Waals surface area (Å²) in [6, 6.07) is 23.3. The van der Waals surface area contributed by atoms with Gasteiger partial charge in [0.1, 0.15) is 0 Å². The van der Waals surface area contributed by atoms with Crippen molar-refractivity contribution in [2.45, 2.75) is 32.6 Å². The normalized spacial score (nSPS) is 14.1. The summed E-state index contributed by atoms with van der Waals surface area (Å²) >= 11 is 0. The Bertz CT molecular complexity index is 1500. The Hall–Kier alpha value is -4.62. The first kappa shape index (κ1) is 29.9. The van der Waals surface area contributed by atoms with Gasteiger partial charge in [0.15, 0.2) is 0 Å². The maximum atomic E-state index is 10.8. The minimum Gasteiger partial charge on any atom is -0.369 e. The van der Waals surface area contributed by atoms with Crippen molar-refractivity contribution >= 4 is 35.7 Å². The van der Waals surface area contributed by atoms with E-state index in [0.717, 1.165) is 59.8 Å². The fraction of sp³-hybridized carbons (Fsp3) is 0.278. The van der Waals surface area contributed by atoms with Crippen molar-refractivity contribution in [2.75, 3.05) is 37.6 Å². The first-order valence-electron chi connectivity index (χ1n) is 15.2. The maximum Gasteiger partial charge on any atom is 0.269 e. The summed E-state index contributed by atoms with van der Waals surface area (Å²) in [5, 5.41) is 10.8. The van der Waals surface area contributed by atoms with Gasteiger partial charge in [-0.3, -0.25) is 25.0 Å². The quantitative estimate of drug-likeness (QED) is 0.0968. The molecule has 4 aromatic rings. The van der Waals surface area contributed by atoms with Crippen LogP contribution < -0.4 is 4.90 Å². The van der Waals surface area contributed by atoms with Crippen LogP contribution in [0, 0.1) is 10.1 Å². The molecule has 3 heterocycles. The van der Waals surface area contributed by atoms with Crippen molar-refractivity contribution in [1.29, 1.82) is 0 Å². The second-order valence-electron chi connectivity index (χ2n) is 10.9. The zero-order valence-corrected chi connectivity index (χ0v) is 24.8. The first-order valence-corrected chi connectivity index (χ1v) is 15.2. The molecule has 2 aromatic heterocycles. The van der Waals surface area contributed by atoms with E-state index in [0.29, 0.717) is 0 Å². The van der Waals surface area contributed by atoms with Crippen LogP contribution in [0.15, 0.2) is 85.2 Å². The van der Waals surface area contributed by atoms with Gasteiger partial charge in [0.2, 0.25) is 0 Å². The molecule has 5 rings (SSSR count). The number of unbranched alkanes of at least 4 members (excludes halogenated alkanes) is 3. The molecule has 0 unspecified atom stereocenters. The van der Waals surface area contributed by atoms with Gasteiger partial charge in [0.05, 0.1) is 16.3 Å². The van der Waals surface area contributed by atoms with Gasteiger partial charge in [0, 0.05) is 67.5 Å². The maximum absolute atomic E-state index is 10.8. The van der Waals surface area contributed by atoms with Gasteiger partial charge in [-0.1, -0.05) is 62.6 Å². The number of anilines is 1. The summed E-state index contributed by atoms with van der Waals surface area (Å²) in [7, 11) is 0. The van der Waals surface area contributed by atoms with Gasteiger partial charge in [-0.25, -0.2) is 0 Å². The number of nitro benzene ring substituents is 1. The highest BCUT2D eigenvalue weighted by molar-refractivity contribution is 5.72. The second kappa shape index (κ2) is 15.0. The SMILES string of the molecule is CCCCCCN1CCN(c2ccc(/C=C/c3ccc(-c4ccc(/C=C/c5ccc([N+](=O)[O-])cc5)nc4)cn3)cc2)CC1. The van der Waals surface area contributed by atoms with E-state index in [2.05, 4.69) is 63.1 Å². The Morgan fingerprint density at radius 3 is 1.74 bits per heavy atom. The number of nitro groups is 1. The molecule has 0 radical (unpaired) electrons. The molecular weight excluding hydrogens is 534 g/mol. The van der Waals surface area contributed by atoms with Gasteiger partial charge < -0.3 is 4.90 Å². The van der Waals surface area contributed by atoms with Crippen molar-refractivity contribution in [3.63, 3.8) is 0 Å². The minimum atomic E-state index is -0.400. The number of pyridine rings is 2. The number of hydrogen-bond acceptors (Lipinski definition) is 6. The van der Waals surface area contributed by atoms with Crippen LogP contribution in [-0.4, -0.2) is 52.5 Å². The molecule has 1 aliphatic heterocycles. The highest BCUT2D eigenvalue weighted by Crippen LogP contribution is 2.21. The predicted octanol–water partition coefficient (Wildman–Crippen LogP) is 8.09. The number of rotatable bonds is 12. The lowest BCUT2D eigenvalue weighted by Crippen LogP contribution is -2.46. The molecule has 2 aromatic carbocycles. The Balaban J connectivity index is 1.11. The molecule has 0 bridgehead atoms. The van der Waals surface area contributed by atoms with Gasteiger partial charge in [-0.15, -0.1) is 0 Å². The Morgan fingerprint density at radius 2 is 1.26 bits per heavy atom. The highest BCUT2D eigenvalue weighted by Gasteiger charge is 2.16. The standard InChI is InChI=1S/C36H39N5O2/c1-2-3-4-5-22-39-23-25-40(26-24-39)35-18-8-29(9-19-35)6-14-33-16-12-31(27-37-33)32-13-17-34(38-28-32)15-7-30-10-20-36(21-11-30)41(42)43/h6-21,27-28H,2-5,22-26H2,1H3/b14-6+,15-7+. The molecule has 0 spiro atoms. The summed E-state index contributed by atoms with van der Waals surface area (Å²) in [5.41, 5.74) is 7.11. The molecule has 1 fully saturated rings. The van der Waals surface area contributed by atoms with E-state index in [1.165, 1.54) is 50.0 Å². The lowest BCUT2D eigenvalue weighted by Gasteiger charge is -2.36. The lowest BCUT2D eigenvalue weighted by atomic mass is 10.1. The number of non-ortho nitro benzene ring substituents is 1. The van der Waals surface area contributed by atoms with Crippen molar-refractivity contribution in [2.24, 2.45) is 0 Å². The molecule has 220 valence electrons. The average molecular weight is 574 g/mol. The highest BCUT2D eigenvalue weighted by atomic mass is 16.6. The van der Waals surface area contributed by atoms with Gasteiger partial charge in [0.25, 0.3) is 5.69 Å². The van der Waals surface area contributed by atoms with E-state index in [4.69, 9.17) is 0 Å². The second-order valence-corrected chi connectivity index (χ2v) is 10.9. The van der Waals surface area contributed by atoms with Crippen LogP contribution in [0.5, 0.6) is 0 Å². The van der Waals surface area contributed by atoms with E-state index in [1.807, 2.05) is 48.8 Å². The molecule has 0 aliphatic carbocycles. The molecule has 43 heavy (non-hydrogen) atoms. The van der Waals surface area contributed by atoms with E-state index < -0.39 is 4.92 Å². The smallest absolute Gasteiger partial charge is 0.269 e. The Kier molecular flexibility index (Phi) is 10.4. The van der Waals surface area contributed by atoms with Crippen molar-refractivity contribution in [3.05, 3.63) is 118 Å². The molecule has 0 amide bonds. The zero-order chi connectivity index (χ0) is 29.9. The Morgan fingerprint density at radius 1 is 0.698 bits per heavy atom. The van der Waals surface area contributed by atoms with Crippen molar-refractivity contribution in [1.82, 2.24) is 14.9 Å². The number of piperazine rings is 1. The van der Waals surface area contributed by atoms with Crippen molar-refractivity contribution < 1.29 is 4.92 Å². The Labute approximate surface area is 254 Å². The third-order valence-corrected chi connectivity index (χ3v) is 7.86. The lowest BCUT2D eigenvalue weighted by molar-refractivity contribution is -0.384. The number of nitrogens with zero attached hydrogens (tertiary/aromatic N) is 5. The average Bonchev–Trinajstić information content (AvgIpc) is 3.06. The largest absolute Gasteiger partial charge is 0.369 e. The van der Waals surface area contributed by atoms with E-state index in [1.54, 1.807) is 12.1 Å². The predicted molar refractivity (Wildman–Crippen MR) is 178 cm³/mol. The first-order chi connectivity index (χ1) is 21.1. The van der Waals surface area contributed by atoms with Crippen LogP contribution in [0.4, 0.5) is 11.4 Å².